The van der Waals surface area contributed by atoms with E-state index >= 15 is 0 Å². The molecule has 1 aliphatic heterocycles. The first-order valence-corrected chi connectivity index (χ1v) is 6.22. The summed E-state index contributed by atoms with van der Waals surface area (Å²) in [6.07, 6.45) is 4.75. The zero-order chi connectivity index (χ0) is 11.5. The van der Waals surface area contributed by atoms with E-state index in [0.717, 1.165) is 45.2 Å². The van der Waals surface area contributed by atoms with Crippen molar-refractivity contribution < 1.29 is 14.6 Å². The minimum absolute atomic E-state index is 0.0693. The molecule has 2 fully saturated rings. The number of piperidine rings is 1. The highest BCUT2D eigenvalue weighted by atomic mass is 16.5. The third kappa shape index (κ3) is 2.38. The lowest BCUT2D eigenvalue weighted by atomic mass is 9.95. The van der Waals surface area contributed by atoms with Crippen LogP contribution in [0.3, 0.4) is 0 Å². The van der Waals surface area contributed by atoms with Crippen LogP contribution in [0.15, 0.2) is 0 Å². The number of nitrogens with zero attached hydrogens (tertiary/aromatic N) is 1. The Morgan fingerprint density at radius 1 is 1.25 bits per heavy atom. The average Bonchev–Trinajstić information content (AvgIpc) is 2.75. The molecular weight excluding hydrogens is 206 g/mol. The number of likely N-dealkylation sites (tertiary alicyclic amines) is 1. The summed E-state index contributed by atoms with van der Waals surface area (Å²) in [4.78, 5) is 13.7. The van der Waals surface area contributed by atoms with Gasteiger partial charge < -0.3 is 9.84 Å². The topological polar surface area (TPSA) is 49.8 Å². The first-order chi connectivity index (χ1) is 7.72. The van der Waals surface area contributed by atoms with Crippen molar-refractivity contribution in [1.82, 2.24) is 4.90 Å². The van der Waals surface area contributed by atoms with E-state index in [1.807, 2.05) is 0 Å². The van der Waals surface area contributed by atoms with E-state index in [4.69, 9.17) is 4.74 Å². The fraction of sp³-hybridized carbons (Fsp3) is 0.917. The number of aliphatic hydroxyl groups excluding tert-OH is 1. The number of rotatable bonds is 2. The van der Waals surface area contributed by atoms with Crippen molar-refractivity contribution >= 4 is 5.97 Å². The second-order valence-corrected chi connectivity index (χ2v) is 4.90. The van der Waals surface area contributed by atoms with Gasteiger partial charge in [-0.2, -0.15) is 0 Å². The van der Waals surface area contributed by atoms with Gasteiger partial charge in [-0.1, -0.05) is 0 Å². The highest BCUT2D eigenvalue weighted by Gasteiger charge is 2.34. The summed E-state index contributed by atoms with van der Waals surface area (Å²) in [6, 6.07) is 0.332. The van der Waals surface area contributed by atoms with Crippen LogP contribution in [0.1, 0.15) is 32.1 Å². The van der Waals surface area contributed by atoms with E-state index in [2.05, 4.69) is 4.90 Å². The molecule has 0 radical (unpaired) electrons. The number of aliphatic hydroxyl groups is 1. The van der Waals surface area contributed by atoms with Crippen LogP contribution in [0.4, 0.5) is 0 Å². The molecule has 0 aromatic carbocycles. The molecule has 1 N–H and O–H groups in total. The lowest BCUT2D eigenvalue weighted by Crippen LogP contribution is -2.46. The van der Waals surface area contributed by atoms with Crippen molar-refractivity contribution in [2.75, 3.05) is 20.2 Å². The molecule has 2 rings (SSSR count). The van der Waals surface area contributed by atoms with Gasteiger partial charge >= 0.3 is 5.97 Å². The highest BCUT2D eigenvalue weighted by Crippen LogP contribution is 2.28. The lowest BCUT2D eigenvalue weighted by molar-refractivity contribution is -0.147. The van der Waals surface area contributed by atoms with Gasteiger partial charge in [0.15, 0.2) is 0 Å². The van der Waals surface area contributed by atoms with Crippen LogP contribution in [-0.2, 0) is 9.53 Å². The summed E-state index contributed by atoms with van der Waals surface area (Å²) in [5, 5.41) is 9.83. The van der Waals surface area contributed by atoms with Crippen molar-refractivity contribution in [3.05, 3.63) is 0 Å². The smallest absolute Gasteiger partial charge is 0.308 e. The molecule has 1 saturated carbocycles. The molecule has 4 nitrogen and oxygen atoms in total. The predicted octanol–water partition coefficient (Wildman–Crippen LogP) is 0.785. The third-order valence-corrected chi connectivity index (χ3v) is 3.98. The molecule has 92 valence electrons. The SMILES string of the molecule is COC(=O)C1CCN(C2CCCC2O)CC1. The largest absolute Gasteiger partial charge is 0.469 e. The predicted molar refractivity (Wildman–Crippen MR) is 60.0 cm³/mol. The maximum absolute atomic E-state index is 11.4. The summed E-state index contributed by atoms with van der Waals surface area (Å²) < 4.78 is 4.76. The fourth-order valence-electron chi connectivity index (χ4n) is 2.98. The standard InChI is InChI=1S/C12H21NO3/c1-16-12(15)9-5-7-13(8-6-9)10-3-2-4-11(10)14/h9-11,14H,2-8H2,1H3. The second kappa shape index (κ2) is 5.15. The molecule has 0 amide bonds. The van der Waals surface area contributed by atoms with Gasteiger partial charge in [0.05, 0.1) is 19.1 Å². The average molecular weight is 227 g/mol. The van der Waals surface area contributed by atoms with Gasteiger partial charge in [0.2, 0.25) is 0 Å². The lowest BCUT2D eigenvalue weighted by Gasteiger charge is -2.36. The molecule has 1 aliphatic carbocycles. The van der Waals surface area contributed by atoms with Gasteiger partial charge in [-0.15, -0.1) is 0 Å². The van der Waals surface area contributed by atoms with Crippen LogP contribution in [0.2, 0.25) is 0 Å². The molecule has 2 atom stereocenters. The number of esters is 1. The van der Waals surface area contributed by atoms with Crippen LogP contribution >= 0.6 is 0 Å². The van der Waals surface area contributed by atoms with Gasteiger partial charge in [0.1, 0.15) is 0 Å². The van der Waals surface area contributed by atoms with E-state index in [9.17, 15) is 9.90 Å². The van der Waals surface area contributed by atoms with E-state index < -0.39 is 0 Å². The zero-order valence-electron chi connectivity index (χ0n) is 9.89. The van der Waals surface area contributed by atoms with Crippen molar-refractivity contribution in [2.45, 2.75) is 44.2 Å². The fourth-order valence-corrected chi connectivity index (χ4v) is 2.98. The van der Waals surface area contributed by atoms with Gasteiger partial charge in [-0.3, -0.25) is 9.69 Å². The van der Waals surface area contributed by atoms with E-state index in [1.165, 1.54) is 7.11 Å². The van der Waals surface area contributed by atoms with Crippen molar-refractivity contribution in [2.24, 2.45) is 5.92 Å². The van der Waals surface area contributed by atoms with Crippen LogP contribution < -0.4 is 0 Å². The molecule has 2 unspecified atom stereocenters. The van der Waals surface area contributed by atoms with Crippen LogP contribution in [-0.4, -0.2) is 48.3 Å². The van der Waals surface area contributed by atoms with Crippen LogP contribution in [0, 0.1) is 5.92 Å². The Morgan fingerprint density at radius 2 is 1.94 bits per heavy atom. The maximum atomic E-state index is 11.4. The van der Waals surface area contributed by atoms with Gasteiger partial charge in [0.25, 0.3) is 0 Å². The van der Waals surface area contributed by atoms with Crippen LogP contribution in [0.5, 0.6) is 0 Å². The first-order valence-electron chi connectivity index (χ1n) is 6.22. The van der Waals surface area contributed by atoms with E-state index in [0.29, 0.717) is 6.04 Å². The molecular formula is C12H21NO3. The summed E-state index contributed by atoms with van der Waals surface area (Å²) in [5.41, 5.74) is 0. The Labute approximate surface area is 96.6 Å². The highest BCUT2D eigenvalue weighted by molar-refractivity contribution is 5.72. The van der Waals surface area contributed by atoms with Crippen LogP contribution in [0.25, 0.3) is 0 Å². The van der Waals surface area contributed by atoms with E-state index in [-0.39, 0.29) is 18.0 Å². The molecule has 1 saturated heterocycles. The molecule has 4 heteroatoms. The Bertz CT molecular complexity index is 249. The first kappa shape index (κ1) is 11.9. The number of methoxy groups -OCH3 is 1. The number of hydrogen-bond donors (Lipinski definition) is 1. The summed E-state index contributed by atoms with van der Waals surface area (Å²) >= 11 is 0. The quantitative estimate of drug-likeness (QED) is 0.708. The summed E-state index contributed by atoms with van der Waals surface area (Å²) in [6.45, 7) is 1.84. The van der Waals surface area contributed by atoms with Crippen molar-refractivity contribution in [1.29, 1.82) is 0 Å². The molecule has 0 bridgehead atoms. The number of ether oxygens (including phenoxy) is 1. The molecule has 0 aromatic heterocycles. The monoisotopic (exact) mass is 227 g/mol. The van der Waals surface area contributed by atoms with Crippen molar-refractivity contribution in [3.63, 3.8) is 0 Å². The molecule has 0 spiro atoms. The Kier molecular flexibility index (Phi) is 3.82. The summed E-state index contributed by atoms with van der Waals surface area (Å²) in [5.74, 6) is -0.00795. The molecule has 0 aromatic rings. The Hall–Kier alpha value is -0.610. The second-order valence-electron chi connectivity index (χ2n) is 4.90. The molecule has 1 heterocycles. The molecule has 2 aliphatic rings. The maximum Gasteiger partial charge on any atom is 0.308 e. The van der Waals surface area contributed by atoms with Crippen molar-refractivity contribution in [3.8, 4) is 0 Å². The number of carbonyl (C=O) groups excluding carboxylic acids is 1. The normalized spacial score (nSPS) is 32.9. The van der Waals surface area contributed by atoms with E-state index in [1.54, 1.807) is 0 Å². The Balaban J connectivity index is 1.83. The van der Waals surface area contributed by atoms with Gasteiger partial charge in [0, 0.05) is 6.04 Å². The van der Waals surface area contributed by atoms with Gasteiger partial charge in [-0.25, -0.2) is 0 Å². The Morgan fingerprint density at radius 3 is 2.44 bits per heavy atom. The number of carbonyl (C=O) groups is 1. The minimum Gasteiger partial charge on any atom is -0.469 e. The molecule has 16 heavy (non-hydrogen) atoms. The number of hydrogen-bond acceptors (Lipinski definition) is 4. The summed E-state index contributed by atoms with van der Waals surface area (Å²) in [7, 11) is 1.45. The minimum atomic E-state index is -0.158. The zero-order valence-corrected chi connectivity index (χ0v) is 9.89. The third-order valence-electron chi connectivity index (χ3n) is 3.98. The van der Waals surface area contributed by atoms with Gasteiger partial charge in [-0.05, 0) is 45.2 Å².